The Morgan fingerprint density at radius 3 is 2.53 bits per heavy atom. The van der Waals surface area contributed by atoms with Crippen LogP contribution in [0.25, 0.3) is 0 Å². The topological polar surface area (TPSA) is 55.4 Å². The number of rotatable bonds is 5. The van der Waals surface area contributed by atoms with Crippen LogP contribution >= 0.6 is 0 Å². The van der Waals surface area contributed by atoms with E-state index in [9.17, 15) is 9.59 Å². The Labute approximate surface area is 113 Å². The highest BCUT2D eigenvalue weighted by Gasteiger charge is 2.15. The molecular formula is C15H19NO3. The molecule has 0 aliphatic heterocycles. The minimum atomic E-state index is -0.0774. The van der Waals surface area contributed by atoms with Gasteiger partial charge in [-0.15, -0.1) is 0 Å². The van der Waals surface area contributed by atoms with Crippen molar-refractivity contribution in [2.75, 3.05) is 6.61 Å². The summed E-state index contributed by atoms with van der Waals surface area (Å²) in [5.41, 5.74) is 0.596. The van der Waals surface area contributed by atoms with Gasteiger partial charge in [0, 0.05) is 11.6 Å². The Hall–Kier alpha value is -1.84. The zero-order valence-corrected chi connectivity index (χ0v) is 10.9. The molecule has 1 aliphatic rings. The number of hydrogen-bond donors (Lipinski definition) is 1. The maximum Gasteiger partial charge on any atom is 0.258 e. The predicted octanol–water partition coefficient (Wildman–Crippen LogP) is 2.33. The molecular weight excluding hydrogens is 242 g/mol. The summed E-state index contributed by atoms with van der Waals surface area (Å²) in [6.07, 6.45) is 6.57. The molecule has 0 heterocycles. The molecule has 1 amide bonds. The lowest BCUT2D eigenvalue weighted by atomic mass is 9.95. The summed E-state index contributed by atoms with van der Waals surface area (Å²) in [6.45, 7) is 0.0247. The van der Waals surface area contributed by atoms with Crippen LogP contribution in [-0.4, -0.2) is 24.8 Å². The van der Waals surface area contributed by atoms with Gasteiger partial charge in [0.2, 0.25) is 0 Å². The van der Waals surface area contributed by atoms with Gasteiger partial charge in [-0.1, -0.05) is 19.3 Å². The van der Waals surface area contributed by atoms with E-state index in [2.05, 4.69) is 5.32 Å². The normalized spacial score (nSPS) is 15.8. The molecule has 0 aromatic heterocycles. The molecule has 0 radical (unpaired) electrons. The van der Waals surface area contributed by atoms with Crippen LogP contribution in [0.1, 0.15) is 42.5 Å². The Morgan fingerprint density at radius 1 is 1.21 bits per heavy atom. The van der Waals surface area contributed by atoms with Crippen LogP contribution in [0.4, 0.5) is 0 Å². The number of nitrogens with one attached hydrogen (secondary N) is 1. The monoisotopic (exact) mass is 261 g/mol. The highest BCUT2D eigenvalue weighted by molar-refractivity contribution is 5.78. The minimum Gasteiger partial charge on any atom is -0.484 e. The first-order chi connectivity index (χ1) is 9.28. The van der Waals surface area contributed by atoms with Gasteiger partial charge in [-0.05, 0) is 37.1 Å². The third kappa shape index (κ3) is 4.39. The van der Waals surface area contributed by atoms with Crippen molar-refractivity contribution in [1.82, 2.24) is 5.32 Å². The van der Waals surface area contributed by atoms with E-state index in [1.54, 1.807) is 24.3 Å². The van der Waals surface area contributed by atoms with E-state index in [-0.39, 0.29) is 12.5 Å². The molecule has 0 unspecified atom stereocenters. The molecule has 1 saturated carbocycles. The predicted molar refractivity (Wildman–Crippen MR) is 72.3 cm³/mol. The van der Waals surface area contributed by atoms with Gasteiger partial charge < -0.3 is 10.1 Å². The van der Waals surface area contributed by atoms with Crippen LogP contribution in [-0.2, 0) is 4.79 Å². The third-order valence-electron chi connectivity index (χ3n) is 3.36. The Balaban J connectivity index is 1.74. The van der Waals surface area contributed by atoms with Gasteiger partial charge in [0.05, 0.1) is 0 Å². The molecule has 4 heteroatoms. The lowest BCUT2D eigenvalue weighted by Gasteiger charge is -2.22. The van der Waals surface area contributed by atoms with Crippen LogP contribution in [0.5, 0.6) is 5.75 Å². The van der Waals surface area contributed by atoms with Gasteiger partial charge in [0.25, 0.3) is 5.91 Å². The smallest absolute Gasteiger partial charge is 0.258 e. The van der Waals surface area contributed by atoms with Gasteiger partial charge in [-0.25, -0.2) is 0 Å². The molecule has 1 N–H and O–H groups in total. The van der Waals surface area contributed by atoms with Crippen LogP contribution < -0.4 is 10.1 Å². The van der Waals surface area contributed by atoms with E-state index < -0.39 is 0 Å². The summed E-state index contributed by atoms with van der Waals surface area (Å²) in [5.74, 6) is 0.524. The van der Waals surface area contributed by atoms with E-state index >= 15 is 0 Å². The van der Waals surface area contributed by atoms with Gasteiger partial charge in [-0.2, -0.15) is 0 Å². The van der Waals surface area contributed by atoms with Crippen molar-refractivity contribution >= 4 is 12.2 Å². The minimum absolute atomic E-state index is 0.0247. The van der Waals surface area contributed by atoms with Crippen LogP contribution in [0.2, 0.25) is 0 Å². The first-order valence-electron chi connectivity index (χ1n) is 6.75. The second kappa shape index (κ2) is 6.92. The first kappa shape index (κ1) is 13.6. The van der Waals surface area contributed by atoms with E-state index in [0.717, 1.165) is 19.1 Å². The Morgan fingerprint density at radius 2 is 1.89 bits per heavy atom. The average molecular weight is 261 g/mol. The van der Waals surface area contributed by atoms with E-state index in [0.29, 0.717) is 17.4 Å². The number of carbonyl (C=O) groups excluding carboxylic acids is 2. The van der Waals surface area contributed by atoms with Crippen LogP contribution in [0.3, 0.4) is 0 Å². The summed E-state index contributed by atoms with van der Waals surface area (Å²) >= 11 is 0. The summed E-state index contributed by atoms with van der Waals surface area (Å²) in [4.78, 5) is 22.2. The standard InChI is InChI=1S/C15H19NO3/c17-10-12-6-8-14(9-7-12)19-11-15(18)16-13-4-2-1-3-5-13/h6-10,13H,1-5,11H2,(H,16,18). The van der Waals surface area contributed by atoms with Crippen molar-refractivity contribution in [3.05, 3.63) is 29.8 Å². The van der Waals surface area contributed by atoms with Gasteiger partial charge in [0.15, 0.2) is 6.61 Å². The Kier molecular flexibility index (Phi) is 4.95. The summed E-state index contributed by atoms with van der Waals surface area (Å²) in [5, 5.41) is 2.99. The number of benzene rings is 1. The average Bonchev–Trinajstić information content (AvgIpc) is 2.47. The van der Waals surface area contributed by atoms with Crippen molar-refractivity contribution in [2.24, 2.45) is 0 Å². The van der Waals surface area contributed by atoms with Gasteiger partial charge in [-0.3, -0.25) is 9.59 Å². The van der Waals surface area contributed by atoms with Crippen molar-refractivity contribution in [3.63, 3.8) is 0 Å². The molecule has 0 atom stereocenters. The molecule has 102 valence electrons. The summed E-state index contributed by atoms with van der Waals surface area (Å²) < 4.78 is 5.38. The SMILES string of the molecule is O=Cc1ccc(OCC(=O)NC2CCCCC2)cc1. The van der Waals surface area contributed by atoms with Crippen molar-refractivity contribution in [1.29, 1.82) is 0 Å². The number of hydrogen-bond acceptors (Lipinski definition) is 3. The van der Waals surface area contributed by atoms with Crippen LogP contribution in [0.15, 0.2) is 24.3 Å². The molecule has 2 rings (SSSR count). The maximum atomic E-state index is 11.7. The molecule has 0 saturated heterocycles. The molecule has 1 aliphatic carbocycles. The van der Waals surface area contributed by atoms with Crippen molar-refractivity contribution in [3.8, 4) is 5.75 Å². The fourth-order valence-corrected chi connectivity index (χ4v) is 2.31. The lowest BCUT2D eigenvalue weighted by molar-refractivity contribution is -0.124. The zero-order valence-electron chi connectivity index (χ0n) is 10.9. The first-order valence-corrected chi connectivity index (χ1v) is 6.75. The van der Waals surface area contributed by atoms with E-state index in [1.165, 1.54) is 19.3 Å². The molecule has 19 heavy (non-hydrogen) atoms. The molecule has 1 aromatic rings. The number of ether oxygens (including phenoxy) is 1. The fourth-order valence-electron chi connectivity index (χ4n) is 2.31. The Bertz CT molecular complexity index is 422. The fraction of sp³-hybridized carbons (Fsp3) is 0.467. The zero-order chi connectivity index (χ0) is 13.5. The molecule has 0 spiro atoms. The molecule has 1 fully saturated rings. The highest BCUT2D eigenvalue weighted by atomic mass is 16.5. The number of amides is 1. The van der Waals surface area contributed by atoms with E-state index in [4.69, 9.17) is 4.74 Å². The number of carbonyl (C=O) groups is 2. The third-order valence-corrected chi connectivity index (χ3v) is 3.36. The van der Waals surface area contributed by atoms with Crippen LogP contribution in [0, 0.1) is 0 Å². The highest BCUT2D eigenvalue weighted by Crippen LogP contribution is 2.17. The lowest BCUT2D eigenvalue weighted by Crippen LogP contribution is -2.38. The maximum absolute atomic E-state index is 11.7. The summed E-state index contributed by atoms with van der Waals surface area (Å²) in [7, 11) is 0. The molecule has 0 bridgehead atoms. The summed E-state index contributed by atoms with van der Waals surface area (Å²) in [6, 6.07) is 7.03. The van der Waals surface area contributed by atoms with Gasteiger partial charge >= 0.3 is 0 Å². The van der Waals surface area contributed by atoms with Crippen molar-refractivity contribution < 1.29 is 14.3 Å². The van der Waals surface area contributed by atoms with Crippen molar-refractivity contribution in [2.45, 2.75) is 38.1 Å². The van der Waals surface area contributed by atoms with E-state index in [1.807, 2.05) is 0 Å². The quantitative estimate of drug-likeness (QED) is 0.828. The second-order valence-corrected chi connectivity index (χ2v) is 4.88. The van der Waals surface area contributed by atoms with Gasteiger partial charge in [0.1, 0.15) is 12.0 Å². The molecule has 4 nitrogen and oxygen atoms in total. The molecule has 1 aromatic carbocycles. The second-order valence-electron chi connectivity index (χ2n) is 4.88. The number of aldehydes is 1. The largest absolute Gasteiger partial charge is 0.484 e.